The van der Waals surface area contributed by atoms with Gasteiger partial charge in [-0.15, -0.1) is 0 Å². The van der Waals surface area contributed by atoms with E-state index in [9.17, 15) is 13.2 Å². The average molecular weight is 303 g/mol. The maximum absolute atomic E-state index is 13.1. The lowest BCUT2D eigenvalue weighted by molar-refractivity contribution is 0.143. The highest BCUT2D eigenvalue weighted by molar-refractivity contribution is 14.1. The van der Waals surface area contributed by atoms with E-state index in [2.05, 4.69) is 9.72 Å². The first-order valence-electron chi connectivity index (χ1n) is 3.24. The van der Waals surface area contributed by atoms with Crippen molar-refractivity contribution in [1.82, 2.24) is 4.98 Å². The minimum atomic E-state index is -2.88. The van der Waals surface area contributed by atoms with Crippen LogP contribution in [0.25, 0.3) is 0 Å². The lowest BCUT2D eigenvalue weighted by atomic mass is 10.3. The Labute approximate surface area is 86.3 Å². The molecular weight excluding hydrogens is 298 g/mol. The van der Waals surface area contributed by atoms with E-state index < -0.39 is 17.8 Å². The summed E-state index contributed by atoms with van der Waals surface area (Å²) in [6.07, 6.45) is -1.81. The van der Waals surface area contributed by atoms with E-state index in [1.165, 1.54) is 7.11 Å². The van der Waals surface area contributed by atoms with Gasteiger partial charge in [0.25, 0.3) is 6.43 Å². The van der Waals surface area contributed by atoms with Crippen LogP contribution >= 0.6 is 22.6 Å². The number of hydrogen-bond acceptors (Lipinski definition) is 2. The number of ether oxygens (including phenoxy) is 1. The zero-order chi connectivity index (χ0) is 10.0. The van der Waals surface area contributed by atoms with Crippen LogP contribution < -0.4 is 4.74 Å². The first kappa shape index (κ1) is 10.6. The molecule has 0 aliphatic heterocycles. The van der Waals surface area contributed by atoms with E-state index in [4.69, 9.17) is 0 Å². The third kappa shape index (κ3) is 2.04. The Balaban J connectivity index is 3.30. The zero-order valence-electron chi connectivity index (χ0n) is 6.52. The lowest BCUT2D eigenvalue weighted by Crippen LogP contribution is -2.01. The lowest BCUT2D eigenvalue weighted by Gasteiger charge is -2.07. The maximum Gasteiger partial charge on any atom is 0.269 e. The van der Waals surface area contributed by atoms with Crippen molar-refractivity contribution in [2.75, 3.05) is 7.11 Å². The summed E-state index contributed by atoms with van der Waals surface area (Å²) in [7, 11) is 1.20. The van der Waals surface area contributed by atoms with Gasteiger partial charge in [-0.2, -0.15) is 0 Å². The molecule has 1 aromatic heterocycles. The van der Waals surface area contributed by atoms with Crippen LogP contribution in [0.4, 0.5) is 13.2 Å². The van der Waals surface area contributed by atoms with Gasteiger partial charge in [-0.1, -0.05) is 0 Å². The fourth-order valence-corrected chi connectivity index (χ4v) is 1.40. The van der Waals surface area contributed by atoms with Gasteiger partial charge in [0.15, 0.2) is 11.6 Å². The molecule has 0 N–H and O–H groups in total. The molecule has 1 rings (SSSR count). The van der Waals surface area contributed by atoms with Crippen LogP contribution in [0.15, 0.2) is 6.20 Å². The minimum Gasteiger partial charge on any atom is -0.492 e. The predicted octanol–water partition coefficient (Wildman–Crippen LogP) is 2.77. The molecule has 6 heteroatoms. The third-order valence-electron chi connectivity index (χ3n) is 1.41. The van der Waals surface area contributed by atoms with Crippen molar-refractivity contribution < 1.29 is 17.9 Å². The Morgan fingerprint density at radius 2 is 2.15 bits per heavy atom. The number of halogens is 4. The zero-order valence-corrected chi connectivity index (χ0v) is 8.68. The molecule has 0 unspecified atom stereocenters. The van der Waals surface area contributed by atoms with Crippen LogP contribution in [0.2, 0.25) is 0 Å². The standard InChI is InChI=1S/C7H5F3INO/c1-13-3-2-12-7(11)4(5(3)8)6(9)10/h2,6H,1H3. The van der Waals surface area contributed by atoms with Gasteiger partial charge >= 0.3 is 0 Å². The quantitative estimate of drug-likeness (QED) is 0.619. The van der Waals surface area contributed by atoms with Gasteiger partial charge in [0.05, 0.1) is 18.9 Å². The second-order valence-electron chi connectivity index (χ2n) is 2.15. The summed E-state index contributed by atoms with van der Waals surface area (Å²) >= 11 is 1.55. The number of methoxy groups -OCH3 is 1. The third-order valence-corrected chi connectivity index (χ3v) is 2.27. The van der Waals surface area contributed by atoms with E-state index in [-0.39, 0.29) is 9.45 Å². The van der Waals surface area contributed by atoms with E-state index in [1.54, 1.807) is 22.6 Å². The molecule has 13 heavy (non-hydrogen) atoms. The number of pyridine rings is 1. The molecule has 0 radical (unpaired) electrons. The molecule has 0 spiro atoms. The van der Waals surface area contributed by atoms with Crippen molar-refractivity contribution in [2.24, 2.45) is 0 Å². The summed E-state index contributed by atoms with van der Waals surface area (Å²) in [6.45, 7) is 0. The van der Waals surface area contributed by atoms with Crippen LogP contribution in [-0.4, -0.2) is 12.1 Å². The second-order valence-corrected chi connectivity index (χ2v) is 3.17. The number of nitrogens with zero attached hydrogens (tertiary/aromatic N) is 1. The summed E-state index contributed by atoms with van der Waals surface area (Å²) in [6, 6.07) is 0. The SMILES string of the molecule is COc1cnc(I)c(C(F)F)c1F. The molecule has 0 aliphatic carbocycles. The van der Waals surface area contributed by atoms with Gasteiger partial charge in [0, 0.05) is 0 Å². The Morgan fingerprint density at radius 3 is 2.62 bits per heavy atom. The summed E-state index contributed by atoms with van der Waals surface area (Å²) < 4.78 is 42.1. The molecule has 0 aliphatic rings. The number of aromatic nitrogens is 1. The van der Waals surface area contributed by atoms with Crippen molar-refractivity contribution in [1.29, 1.82) is 0 Å². The molecule has 2 nitrogen and oxygen atoms in total. The van der Waals surface area contributed by atoms with E-state index in [0.717, 1.165) is 6.20 Å². The predicted molar refractivity (Wildman–Crippen MR) is 48.4 cm³/mol. The topological polar surface area (TPSA) is 22.1 Å². The first-order valence-corrected chi connectivity index (χ1v) is 4.31. The van der Waals surface area contributed by atoms with Gasteiger partial charge in [-0.25, -0.2) is 18.2 Å². The van der Waals surface area contributed by atoms with Crippen molar-refractivity contribution in [2.45, 2.75) is 6.43 Å². The first-order chi connectivity index (χ1) is 6.07. The highest BCUT2D eigenvalue weighted by Gasteiger charge is 2.21. The van der Waals surface area contributed by atoms with E-state index >= 15 is 0 Å². The van der Waals surface area contributed by atoms with E-state index in [0.29, 0.717) is 0 Å². The molecule has 0 amide bonds. The van der Waals surface area contributed by atoms with Gasteiger partial charge < -0.3 is 4.74 Å². The molecule has 0 aromatic carbocycles. The highest BCUT2D eigenvalue weighted by atomic mass is 127. The van der Waals surface area contributed by atoms with Crippen LogP contribution in [0.1, 0.15) is 12.0 Å². The highest BCUT2D eigenvalue weighted by Crippen LogP contribution is 2.30. The van der Waals surface area contributed by atoms with E-state index in [1.807, 2.05) is 0 Å². The minimum absolute atomic E-state index is 0.0501. The van der Waals surface area contributed by atoms with Crippen molar-refractivity contribution in [3.8, 4) is 5.75 Å². The monoisotopic (exact) mass is 303 g/mol. The van der Waals surface area contributed by atoms with Gasteiger partial charge in [0.1, 0.15) is 3.70 Å². The van der Waals surface area contributed by atoms with Crippen LogP contribution in [0.5, 0.6) is 5.75 Å². The number of alkyl halides is 2. The van der Waals surface area contributed by atoms with Crippen molar-refractivity contribution in [3.63, 3.8) is 0 Å². The molecule has 0 atom stereocenters. The van der Waals surface area contributed by atoms with Gasteiger partial charge in [0.2, 0.25) is 0 Å². The smallest absolute Gasteiger partial charge is 0.269 e. The Bertz CT molecular complexity index is 319. The van der Waals surface area contributed by atoms with Crippen LogP contribution in [0, 0.1) is 9.52 Å². The van der Waals surface area contributed by atoms with Gasteiger partial charge in [-0.05, 0) is 22.6 Å². The Kier molecular flexibility index (Phi) is 3.34. The maximum atomic E-state index is 13.1. The molecular formula is C7H5F3INO. The number of rotatable bonds is 2. The largest absolute Gasteiger partial charge is 0.492 e. The summed E-state index contributed by atoms with van der Waals surface area (Å²) in [4.78, 5) is 3.57. The molecule has 0 saturated carbocycles. The molecule has 0 fully saturated rings. The second kappa shape index (κ2) is 4.12. The summed E-state index contributed by atoms with van der Waals surface area (Å²) in [5, 5.41) is 0. The Hall–Kier alpha value is -0.530. The van der Waals surface area contributed by atoms with Crippen LogP contribution in [-0.2, 0) is 0 Å². The fourth-order valence-electron chi connectivity index (χ4n) is 0.793. The molecule has 1 aromatic rings. The van der Waals surface area contributed by atoms with Gasteiger partial charge in [-0.3, -0.25) is 0 Å². The fraction of sp³-hybridized carbons (Fsp3) is 0.286. The molecule has 1 heterocycles. The van der Waals surface area contributed by atoms with Crippen molar-refractivity contribution >= 4 is 22.6 Å². The Morgan fingerprint density at radius 1 is 1.54 bits per heavy atom. The summed E-state index contributed by atoms with van der Waals surface area (Å²) in [5.41, 5.74) is -0.708. The normalized spacial score (nSPS) is 10.6. The summed E-state index contributed by atoms with van der Waals surface area (Å²) in [5.74, 6) is -1.31. The molecule has 72 valence electrons. The van der Waals surface area contributed by atoms with Crippen molar-refractivity contribution in [3.05, 3.63) is 21.3 Å². The average Bonchev–Trinajstić information content (AvgIpc) is 2.04. The molecule has 0 bridgehead atoms. The van der Waals surface area contributed by atoms with Crippen LogP contribution in [0.3, 0.4) is 0 Å². The molecule has 0 saturated heterocycles. The number of hydrogen-bond donors (Lipinski definition) is 0.